The molecule has 0 saturated carbocycles. The van der Waals surface area contributed by atoms with Crippen LogP contribution in [-0.2, 0) is 36.8 Å². The van der Waals surface area contributed by atoms with Crippen molar-refractivity contribution in [2.45, 2.75) is 76.2 Å². The number of carboxylic acid groups (broad SMARTS) is 1. The van der Waals surface area contributed by atoms with E-state index in [9.17, 15) is 29.1 Å². The van der Waals surface area contributed by atoms with Crippen LogP contribution in [0.5, 0.6) is 0 Å². The van der Waals surface area contributed by atoms with Gasteiger partial charge in [-0.1, -0.05) is 32.0 Å². The molecule has 0 aliphatic rings. The van der Waals surface area contributed by atoms with Crippen molar-refractivity contribution < 1.29 is 29.1 Å². The highest BCUT2D eigenvalue weighted by atomic mass is 32.2. The first-order chi connectivity index (χ1) is 24.3. The number of thioether (sulfide) groups is 1. The number of rotatable bonds is 21. The minimum atomic E-state index is -1.24. The van der Waals surface area contributed by atoms with Crippen molar-refractivity contribution in [1.29, 1.82) is 0 Å². The Bertz CT molecular complexity index is 1640. The first-order valence-electron chi connectivity index (χ1n) is 16.6. The van der Waals surface area contributed by atoms with Crippen LogP contribution in [-0.4, -0.2) is 104 Å². The predicted octanol–water partition coefficient (Wildman–Crippen LogP) is -0.510. The molecule has 0 saturated heterocycles. The van der Waals surface area contributed by atoms with Crippen molar-refractivity contribution in [3.63, 3.8) is 0 Å². The highest BCUT2D eigenvalue weighted by Gasteiger charge is 2.33. The van der Waals surface area contributed by atoms with E-state index in [4.69, 9.17) is 17.2 Å². The third-order valence-electron chi connectivity index (χ3n) is 8.12. The van der Waals surface area contributed by atoms with Crippen LogP contribution in [0.25, 0.3) is 10.9 Å². The van der Waals surface area contributed by atoms with Crippen molar-refractivity contribution in [3.8, 4) is 0 Å². The molecule has 0 aliphatic heterocycles. The average Bonchev–Trinajstić information content (AvgIpc) is 3.76. The molecule has 0 fully saturated rings. The second kappa shape index (κ2) is 19.9. The summed E-state index contributed by atoms with van der Waals surface area (Å²) < 4.78 is 0. The Morgan fingerprint density at radius 1 is 0.902 bits per heavy atom. The van der Waals surface area contributed by atoms with E-state index in [0.29, 0.717) is 23.4 Å². The normalized spacial score (nSPS) is 14.1. The van der Waals surface area contributed by atoms with E-state index in [1.165, 1.54) is 24.3 Å². The van der Waals surface area contributed by atoms with Gasteiger partial charge in [-0.15, -0.1) is 0 Å². The summed E-state index contributed by atoms with van der Waals surface area (Å²) in [6, 6.07) is 1.77. The summed E-state index contributed by atoms with van der Waals surface area (Å²) in [6.45, 7) is 3.44. The van der Waals surface area contributed by atoms with Gasteiger partial charge in [0.2, 0.25) is 23.6 Å². The number of carbonyl (C=O) groups excluding carboxylic acids is 4. The fourth-order valence-corrected chi connectivity index (χ4v) is 5.78. The quantitative estimate of drug-likeness (QED) is 0.0379. The molecule has 2 aromatic heterocycles. The SMILES string of the molecule is CSCC[C@H](N)C(=O)N[C@@H](Cc1cnc[nH]1)C(=O)N[C@@H](Cc1c[nH]c2ccccc12)C(=O)N[C@@H](CCCN=C(N)N)C(=O)N[C@H](C(=O)O)C(C)C. The topological polar surface area (TPSA) is 289 Å². The molecule has 278 valence electrons. The molecule has 0 spiro atoms. The second-order valence-electron chi connectivity index (χ2n) is 12.4. The number of carboxylic acids is 1. The zero-order valence-electron chi connectivity index (χ0n) is 29.0. The van der Waals surface area contributed by atoms with Gasteiger partial charge in [0.05, 0.1) is 12.4 Å². The Morgan fingerprint density at radius 2 is 1.55 bits per heavy atom. The third kappa shape index (κ3) is 12.6. The van der Waals surface area contributed by atoms with Crippen molar-refractivity contribution >= 4 is 58.2 Å². The molecule has 17 nitrogen and oxygen atoms in total. The molecule has 18 heteroatoms. The molecular weight excluding hydrogens is 679 g/mol. The Morgan fingerprint density at radius 3 is 2.18 bits per heavy atom. The summed E-state index contributed by atoms with van der Waals surface area (Å²) in [4.78, 5) is 80.5. The lowest BCUT2D eigenvalue weighted by Crippen LogP contribution is -2.59. The molecular formula is C33H49N11O6S. The summed E-state index contributed by atoms with van der Waals surface area (Å²) in [7, 11) is 0. The van der Waals surface area contributed by atoms with Crippen LogP contribution in [0.1, 0.15) is 44.4 Å². The van der Waals surface area contributed by atoms with E-state index in [1.807, 2.05) is 30.5 Å². The highest BCUT2D eigenvalue weighted by Crippen LogP contribution is 2.20. The van der Waals surface area contributed by atoms with Crippen LogP contribution in [0.15, 0.2) is 48.0 Å². The zero-order valence-corrected chi connectivity index (χ0v) is 29.8. The molecule has 0 bridgehead atoms. The maximum absolute atomic E-state index is 14.1. The maximum atomic E-state index is 14.1. The van der Waals surface area contributed by atoms with E-state index < -0.39 is 65.7 Å². The van der Waals surface area contributed by atoms with Crippen molar-refractivity contribution in [1.82, 2.24) is 36.2 Å². The smallest absolute Gasteiger partial charge is 0.326 e. The van der Waals surface area contributed by atoms with E-state index in [2.05, 4.69) is 41.2 Å². The highest BCUT2D eigenvalue weighted by molar-refractivity contribution is 7.98. The van der Waals surface area contributed by atoms with Crippen LogP contribution in [0.4, 0.5) is 0 Å². The van der Waals surface area contributed by atoms with Gasteiger partial charge >= 0.3 is 5.97 Å². The number of carbonyl (C=O) groups is 5. The number of aromatic amines is 2. The number of imidazole rings is 1. The Hall–Kier alpha value is -5.10. The van der Waals surface area contributed by atoms with Crippen LogP contribution in [0.2, 0.25) is 0 Å². The van der Waals surface area contributed by atoms with Gasteiger partial charge < -0.3 is 53.5 Å². The van der Waals surface area contributed by atoms with Crippen LogP contribution in [0, 0.1) is 5.92 Å². The number of fused-ring (bicyclic) bond motifs is 1. The fourth-order valence-electron chi connectivity index (χ4n) is 5.29. The van der Waals surface area contributed by atoms with E-state index >= 15 is 0 Å². The number of guanidine groups is 1. The van der Waals surface area contributed by atoms with Gasteiger partial charge in [0.15, 0.2) is 5.96 Å². The van der Waals surface area contributed by atoms with Crippen LogP contribution >= 0.6 is 11.8 Å². The Labute approximate surface area is 300 Å². The lowest BCUT2D eigenvalue weighted by atomic mass is 10.0. The Balaban J connectivity index is 1.93. The minimum Gasteiger partial charge on any atom is -0.480 e. The summed E-state index contributed by atoms with van der Waals surface area (Å²) >= 11 is 1.54. The van der Waals surface area contributed by atoms with Gasteiger partial charge in [-0.25, -0.2) is 9.78 Å². The van der Waals surface area contributed by atoms with E-state index in [0.717, 1.165) is 10.9 Å². The van der Waals surface area contributed by atoms with Gasteiger partial charge in [-0.2, -0.15) is 11.8 Å². The standard InChI is InChI=1S/C33H49N11O6S/c1-18(2)27(32(49)50)44-29(46)24(9-6-11-38-33(35)36)41-30(47)25(13-19-15-39-23-8-5-4-7-21(19)23)43-31(48)26(14-20-16-37-17-40-20)42-28(45)22(34)10-12-51-3/h4-5,7-8,15-18,22,24-27,39H,6,9-14,34H2,1-3H3,(H,37,40)(H,41,47)(H,42,45)(H,43,48)(H,44,46)(H,49,50)(H4,35,36,38)/t22-,24-,25-,26-,27-/m0/s1. The van der Waals surface area contributed by atoms with Gasteiger partial charge in [-0.3, -0.25) is 24.2 Å². The number of amides is 4. The third-order valence-corrected chi connectivity index (χ3v) is 8.77. The van der Waals surface area contributed by atoms with Gasteiger partial charge in [0.1, 0.15) is 24.2 Å². The maximum Gasteiger partial charge on any atom is 0.326 e. The molecule has 0 radical (unpaired) electrons. The largest absolute Gasteiger partial charge is 0.480 e. The minimum absolute atomic E-state index is 0.00559. The molecule has 2 heterocycles. The number of para-hydroxylation sites is 1. The van der Waals surface area contributed by atoms with Crippen LogP contribution < -0.4 is 38.5 Å². The van der Waals surface area contributed by atoms with E-state index in [-0.39, 0.29) is 38.2 Å². The van der Waals surface area contributed by atoms with Gasteiger partial charge in [0.25, 0.3) is 0 Å². The number of nitrogens with one attached hydrogen (secondary N) is 6. The number of H-pyrrole nitrogens is 2. The summed E-state index contributed by atoms with van der Waals surface area (Å²) in [5, 5.41) is 21.2. The summed E-state index contributed by atoms with van der Waals surface area (Å²) in [5.74, 6) is -3.82. The lowest BCUT2D eigenvalue weighted by Gasteiger charge is -2.27. The molecule has 4 amide bonds. The molecule has 51 heavy (non-hydrogen) atoms. The monoisotopic (exact) mass is 727 g/mol. The molecule has 5 atom stereocenters. The van der Waals surface area contributed by atoms with Crippen LogP contribution in [0.3, 0.4) is 0 Å². The number of nitrogens with two attached hydrogens (primary N) is 3. The van der Waals surface area contributed by atoms with Gasteiger partial charge in [0, 0.05) is 48.4 Å². The number of aromatic nitrogens is 3. The molecule has 0 aliphatic carbocycles. The predicted molar refractivity (Wildman–Crippen MR) is 195 cm³/mol. The van der Waals surface area contributed by atoms with E-state index in [1.54, 1.807) is 20.0 Å². The van der Waals surface area contributed by atoms with Crippen molar-refractivity contribution in [2.75, 3.05) is 18.6 Å². The number of aliphatic imine (C=N–C) groups is 1. The van der Waals surface area contributed by atoms with Crippen molar-refractivity contribution in [2.24, 2.45) is 28.1 Å². The summed E-state index contributed by atoms with van der Waals surface area (Å²) in [5.41, 5.74) is 19.1. The molecule has 1 aromatic carbocycles. The summed E-state index contributed by atoms with van der Waals surface area (Å²) in [6.07, 6.45) is 7.32. The van der Waals surface area contributed by atoms with Gasteiger partial charge in [-0.05, 0) is 48.8 Å². The molecule has 3 aromatic rings. The molecule has 13 N–H and O–H groups in total. The molecule has 0 unspecified atom stereocenters. The number of benzene rings is 1. The first kappa shape index (κ1) is 40.3. The van der Waals surface area contributed by atoms with Crippen molar-refractivity contribution in [3.05, 3.63) is 54.2 Å². The number of hydrogen-bond acceptors (Lipinski definition) is 9. The molecule has 3 rings (SSSR count). The second-order valence-corrected chi connectivity index (χ2v) is 13.4. The Kier molecular flexibility index (Phi) is 15.8. The first-order valence-corrected chi connectivity index (χ1v) is 18.0. The number of aliphatic carboxylic acids is 1. The average molecular weight is 728 g/mol. The number of hydrogen-bond donors (Lipinski definition) is 10. The fraction of sp³-hybridized carbons (Fsp3) is 0.485. The lowest BCUT2D eigenvalue weighted by molar-refractivity contribution is -0.143. The number of nitrogens with zero attached hydrogens (tertiary/aromatic N) is 2. The zero-order chi connectivity index (χ0) is 37.5.